The number of aryl methyl sites for hydroxylation is 2. The summed E-state index contributed by atoms with van der Waals surface area (Å²) in [6.45, 7) is 5.13. The van der Waals surface area contributed by atoms with Crippen LogP contribution in [0.5, 0.6) is 0 Å². The third kappa shape index (κ3) is 5.26. The molecule has 1 aliphatic rings. The number of nitrogens with zero attached hydrogens (tertiary/aromatic N) is 2. The standard InChI is InChI=1S/C15H25N3O3S2/c1-4-13-14(22-11(2)17-13)9-16-15(19)5-7-18(3)12-6-8-23(20,21)10-12/h12H,4-10H2,1-3H3,(H,16,19)/t12-/m1/s1. The zero-order valence-corrected chi connectivity index (χ0v) is 15.6. The van der Waals surface area contributed by atoms with Crippen LogP contribution in [-0.4, -0.2) is 55.3 Å². The number of nitrogens with one attached hydrogen (secondary N) is 1. The molecule has 0 radical (unpaired) electrons. The van der Waals surface area contributed by atoms with E-state index in [-0.39, 0.29) is 23.5 Å². The maximum absolute atomic E-state index is 12.0. The van der Waals surface area contributed by atoms with Crippen molar-refractivity contribution in [3.8, 4) is 0 Å². The van der Waals surface area contributed by atoms with Gasteiger partial charge in [-0.15, -0.1) is 11.3 Å². The van der Waals surface area contributed by atoms with E-state index in [1.807, 2.05) is 18.9 Å². The SMILES string of the molecule is CCc1nc(C)sc1CNC(=O)CCN(C)[C@@H]1CCS(=O)(=O)C1. The second kappa shape index (κ2) is 7.72. The Morgan fingerprint density at radius 2 is 2.22 bits per heavy atom. The number of hydrogen-bond donors (Lipinski definition) is 1. The smallest absolute Gasteiger partial charge is 0.221 e. The van der Waals surface area contributed by atoms with E-state index >= 15 is 0 Å². The quantitative estimate of drug-likeness (QED) is 0.790. The molecule has 0 aromatic carbocycles. The zero-order valence-electron chi connectivity index (χ0n) is 14.0. The number of rotatable bonds is 7. The maximum atomic E-state index is 12.0. The van der Waals surface area contributed by atoms with Gasteiger partial charge in [0.15, 0.2) is 9.84 Å². The average molecular weight is 360 g/mol. The Morgan fingerprint density at radius 1 is 1.48 bits per heavy atom. The molecule has 130 valence electrons. The van der Waals surface area contributed by atoms with E-state index in [2.05, 4.69) is 17.2 Å². The summed E-state index contributed by atoms with van der Waals surface area (Å²) < 4.78 is 23.0. The first-order valence-corrected chi connectivity index (χ1v) is 10.6. The van der Waals surface area contributed by atoms with Gasteiger partial charge in [-0.2, -0.15) is 0 Å². The number of amides is 1. The van der Waals surface area contributed by atoms with Crippen molar-refractivity contribution in [3.63, 3.8) is 0 Å². The van der Waals surface area contributed by atoms with Gasteiger partial charge in [0.2, 0.25) is 5.91 Å². The molecule has 0 aliphatic carbocycles. The van der Waals surface area contributed by atoms with Crippen LogP contribution in [0.15, 0.2) is 0 Å². The van der Waals surface area contributed by atoms with Crippen molar-refractivity contribution in [2.75, 3.05) is 25.1 Å². The molecule has 1 aromatic rings. The summed E-state index contributed by atoms with van der Waals surface area (Å²) in [7, 11) is -0.989. The molecule has 0 unspecified atom stereocenters. The van der Waals surface area contributed by atoms with Gasteiger partial charge >= 0.3 is 0 Å². The molecule has 1 aromatic heterocycles. The number of hydrogen-bond acceptors (Lipinski definition) is 6. The van der Waals surface area contributed by atoms with Gasteiger partial charge in [-0.1, -0.05) is 6.92 Å². The number of sulfone groups is 1. The molecule has 1 saturated heterocycles. The molecule has 0 saturated carbocycles. The van der Waals surface area contributed by atoms with Gasteiger partial charge in [0.1, 0.15) is 0 Å². The summed E-state index contributed by atoms with van der Waals surface area (Å²) in [4.78, 5) is 19.6. The largest absolute Gasteiger partial charge is 0.351 e. The van der Waals surface area contributed by atoms with Crippen LogP contribution in [0.2, 0.25) is 0 Å². The molecule has 1 aliphatic heterocycles. The van der Waals surface area contributed by atoms with Crippen molar-refractivity contribution in [1.29, 1.82) is 0 Å². The number of aromatic nitrogens is 1. The second-order valence-corrected chi connectivity index (χ2v) is 9.54. The normalized spacial score (nSPS) is 20.1. The monoisotopic (exact) mass is 359 g/mol. The summed E-state index contributed by atoms with van der Waals surface area (Å²) in [6, 6.07) is 0.0450. The molecule has 1 atom stereocenters. The van der Waals surface area contributed by atoms with Crippen LogP contribution in [0, 0.1) is 6.92 Å². The van der Waals surface area contributed by atoms with Crippen LogP contribution in [0.1, 0.15) is 35.3 Å². The minimum absolute atomic E-state index is 0.00851. The van der Waals surface area contributed by atoms with Crippen molar-refractivity contribution in [2.45, 2.75) is 45.7 Å². The lowest BCUT2D eigenvalue weighted by molar-refractivity contribution is -0.121. The van der Waals surface area contributed by atoms with E-state index in [1.54, 1.807) is 11.3 Å². The summed E-state index contributed by atoms with van der Waals surface area (Å²) in [5, 5.41) is 3.96. The lowest BCUT2D eigenvalue weighted by atomic mass is 10.2. The van der Waals surface area contributed by atoms with E-state index in [0.29, 0.717) is 25.9 Å². The van der Waals surface area contributed by atoms with Crippen LogP contribution in [0.3, 0.4) is 0 Å². The molecule has 23 heavy (non-hydrogen) atoms. The predicted molar refractivity (Wildman–Crippen MR) is 92.4 cm³/mol. The third-order valence-electron chi connectivity index (χ3n) is 4.19. The molecule has 6 nitrogen and oxygen atoms in total. The number of thiazole rings is 1. The predicted octanol–water partition coefficient (Wildman–Crippen LogP) is 1.14. The highest BCUT2D eigenvalue weighted by Gasteiger charge is 2.30. The molecule has 8 heteroatoms. The van der Waals surface area contributed by atoms with Crippen molar-refractivity contribution >= 4 is 27.1 Å². The van der Waals surface area contributed by atoms with Crippen LogP contribution in [-0.2, 0) is 27.6 Å². The van der Waals surface area contributed by atoms with Crippen molar-refractivity contribution in [1.82, 2.24) is 15.2 Å². The summed E-state index contributed by atoms with van der Waals surface area (Å²) in [5.74, 6) is 0.468. The third-order valence-corrected chi connectivity index (χ3v) is 6.95. The van der Waals surface area contributed by atoms with Crippen LogP contribution >= 0.6 is 11.3 Å². The highest BCUT2D eigenvalue weighted by Crippen LogP contribution is 2.18. The molecule has 0 bridgehead atoms. The Bertz CT molecular complexity index is 655. The lowest BCUT2D eigenvalue weighted by Crippen LogP contribution is -2.36. The Kier molecular flexibility index (Phi) is 6.16. The maximum Gasteiger partial charge on any atom is 0.221 e. The first-order valence-electron chi connectivity index (χ1n) is 7.93. The Hall–Kier alpha value is -0.990. The van der Waals surface area contributed by atoms with E-state index in [4.69, 9.17) is 0 Å². The average Bonchev–Trinajstić information content (AvgIpc) is 3.04. The van der Waals surface area contributed by atoms with E-state index < -0.39 is 9.84 Å². The Balaban J connectivity index is 1.75. The molecule has 1 fully saturated rings. The fourth-order valence-corrected chi connectivity index (χ4v) is 5.55. The molecule has 2 rings (SSSR count). The lowest BCUT2D eigenvalue weighted by Gasteiger charge is -2.22. The fourth-order valence-electron chi connectivity index (χ4n) is 2.78. The van der Waals surface area contributed by atoms with Gasteiger partial charge in [0, 0.05) is 23.9 Å². The summed E-state index contributed by atoms with van der Waals surface area (Å²) in [6.07, 6.45) is 1.92. The molecule has 1 N–H and O–H groups in total. The van der Waals surface area contributed by atoms with Gasteiger partial charge in [-0.05, 0) is 26.8 Å². The van der Waals surface area contributed by atoms with Gasteiger partial charge < -0.3 is 10.2 Å². The van der Waals surface area contributed by atoms with Crippen LogP contribution in [0.4, 0.5) is 0 Å². The van der Waals surface area contributed by atoms with Gasteiger partial charge in [0.25, 0.3) is 0 Å². The highest BCUT2D eigenvalue weighted by molar-refractivity contribution is 7.91. The molecular formula is C15H25N3O3S2. The van der Waals surface area contributed by atoms with Crippen molar-refractivity contribution in [3.05, 3.63) is 15.6 Å². The molecule has 2 heterocycles. The summed E-state index contributed by atoms with van der Waals surface area (Å²) >= 11 is 1.62. The highest BCUT2D eigenvalue weighted by atomic mass is 32.2. The van der Waals surface area contributed by atoms with Gasteiger partial charge in [-0.25, -0.2) is 13.4 Å². The van der Waals surface area contributed by atoms with Crippen molar-refractivity contribution in [2.24, 2.45) is 0 Å². The molecule has 1 amide bonds. The van der Waals surface area contributed by atoms with Crippen LogP contribution < -0.4 is 5.32 Å². The van der Waals surface area contributed by atoms with E-state index in [1.165, 1.54) is 0 Å². The first kappa shape index (κ1) is 18.4. The van der Waals surface area contributed by atoms with E-state index in [9.17, 15) is 13.2 Å². The second-order valence-electron chi connectivity index (χ2n) is 6.02. The van der Waals surface area contributed by atoms with Crippen LogP contribution in [0.25, 0.3) is 0 Å². The van der Waals surface area contributed by atoms with Crippen molar-refractivity contribution < 1.29 is 13.2 Å². The minimum atomic E-state index is -2.88. The van der Waals surface area contributed by atoms with Gasteiger partial charge in [0.05, 0.1) is 28.8 Å². The zero-order chi connectivity index (χ0) is 17.0. The first-order chi connectivity index (χ1) is 10.8. The number of carbonyl (C=O) groups excluding carboxylic acids is 1. The molecule has 0 spiro atoms. The van der Waals surface area contributed by atoms with Gasteiger partial charge in [-0.3, -0.25) is 4.79 Å². The topological polar surface area (TPSA) is 79.4 Å². The minimum Gasteiger partial charge on any atom is -0.351 e. The summed E-state index contributed by atoms with van der Waals surface area (Å²) in [5.41, 5.74) is 1.06. The number of carbonyl (C=O) groups is 1. The fraction of sp³-hybridized carbons (Fsp3) is 0.733. The Morgan fingerprint density at radius 3 is 2.83 bits per heavy atom. The Labute approximate surface area is 142 Å². The molecular weight excluding hydrogens is 334 g/mol. The van der Waals surface area contributed by atoms with E-state index in [0.717, 1.165) is 22.0 Å².